The number of benzene rings is 1. The molecule has 2 aliphatic rings. The molecule has 7 heteroatoms. The van der Waals surface area contributed by atoms with Crippen molar-refractivity contribution in [3.8, 4) is 0 Å². The Balaban J connectivity index is 2.25. The minimum atomic E-state index is -3.58. The van der Waals surface area contributed by atoms with Gasteiger partial charge in [-0.2, -0.15) is 8.78 Å². The van der Waals surface area contributed by atoms with Crippen LogP contribution in [0.5, 0.6) is 0 Å². The first kappa shape index (κ1) is 14.6. The van der Waals surface area contributed by atoms with Gasteiger partial charge in [0.25, 0.3) is 0 Å². The fraction of sp³-hybridized carbons (Fsp3) is 0.333. The van der Waals surface area contributed by atoms with E-state index in [-0.39, 0.29) is 12.1 Å². The fourth-order valence-corrected chi connectivity index (χ4v) is 3.04. The summed E-state index contributed by atoms with van der Waals surface area (Å²) in [5.74, 6) is -2.18. The molecule has 1 fully saturated rings. The first-order chi connectivity index (χ1) is 10.4. The monoisotopic (exact) mass is 309 g/mol. The van der Waals surface area contributed by atoms with Crippen molar-refractivity contribution in [2.45, 2.75) is 11.6 Å². The summed E-state index contributed by atoms with van der Waals surface area (Å²) in [7, 11) is 2.08. The van der Waals surface area contributed by atoms with Gasteiger partial charge in [0.05, 0.1) is 25.3 Å². The van der Waals surface area contributed by atoms with E-state index >= 15 is 0 Å². The molecule has 1 saturated heterocycles. The Hall–Kier alpha value is -2.28. The third-order valence-electron chi connectivity index (χ3n) is 4.08. The first-order valence-corrected chi connectivity index (χ1v) is 6.54. The summed E-state index contributed by atoms with van der Waals surface area (Å²) in [5.41, 5.74) is -2.12. The van der Waals surface area contributed by atoms with E-state index in [9.17, 15) is 18.4 Å². The molecule has 0 amide bonds. The minimum Gasteiger partial charge on any atom is -0.466 e. The van der Waals surface area contributed by atoms with Crippen molar-refractivity contribution in [2.24, 2.45) is 0 Å². The van der Waals surface area contributed by atoms with Crippen LogP contribution in [0.1, 0.15) is 5.56 Å². The molecule has 22 heavy (non-hydrogen) atoms. The summed E-state index contributed by atoms with van der Waals surface area (Å²) in [4.78, 5) is 24.7. The SMILES string of the molecule is COC(=O)C1=C(C(=O)OC)C2(c3ccccc3)CN2C1(F)F. The van der Waals surface area contributed by atoms with Gasteiger partial charge in [0.2, 0.25) is 0 Å². The summed E-state index contributed by atoms with van der Waals surface area (Å²) in [6, 6.07) is 4.81. The van der Waals surface area contributed by atoms with E-state index in [1.807, 2.05) is 0 Å². The van der Waals surface area contributed by atoms with E-state index < -0.39 is 29.1 Å². The normalized spacial score (nSPS) is 28.1. The molecule has 0 radical (unpaired) electrons. The molecular formula is C15H13F2NO4. The molecule has 3 rings (SSSR count). The number of hydrogen-bond acceptors (Lipinski definition) is 5. The average Bonchev–Trinajstić information content (AvgIpc) is 3.25. The van der Waals surface area contributed by atoms with Crippen molar-refractivity contribution >= 4 is 11.9 Å². The van der Waals surface area contributed by atoms with Crippen molar-refractivity contribution in [1.82, 2.24) is 4.90 Å². The van der Waals surface area contributed by atoms with Crippen LogP contribution < -0.4 is 0 Å². The Morgan fingerprint density at radius 2 is 1.59 bits per heavy atom. The Kier molecular flexibility index (Phi) is 3.07. The van der Waals surface area contributed by atoms with Gasteiger partial charge in [-0.05, 0) is 5.56 Å². The lowest BCUT2D eigenvalue weighted by atomic mass is 9.89. The Bertz CT molecular complexity index is 686. The second-order valence-corrected chi connectivity index (χ2v) is 5.09. The van der Waals surface area contributed by atoms with E-state index in [0.717, 1.165) is 19.1 Å². The van der Waals surface area contributed by atoms with E-state index in [4.69, 9.17) is 0 Å². The predicted molar refractivity (Wildman–Crippen MR) is 70.8 cm³/mol. The second kappa shape index (κ2) is 4.61. The maximum Gasteiger partial charge on any atom is 0.342 e. The summed E-state index contributed by atoms with van der Waals surface area (Å²) >= 11 is 0. The van der Waals surface area contributed by atoms with Gasteiger partial charge in [-0.3, -0.25) is 0 Å². The summed E-state index contributed by atoms with van der Waals surface area (Å²) < 4.78 is 38.1. The van der Waals surface area contributed by atoms with Gasteiger partial charge < -0.3 is 9.47 Å². The Morgan fingerprint density at radius 3 is 2.14 bits per heavy atom. The number of carbonyl (C=O) groups excluding carboxylic acids is 2. The molecule has 1 aromatic rings. The standard InChI is InChI=1S/C15H13F2NO4/c1-21-12(19)10-11(13(20)22-2)15(16,17)18-8-14(10,18)9-6-4-3-5-7-9/h3-7H,8H2,1-2H3. The smallest absolute Gasteiger partial charge is 0.342 e. The van der Waals surface area contributed by atoms with Gasteiger partial charge in [0.15, 0.2) is 0 Å². The number of nitrogens with zero attached hydrogens (tertiary/aromatic N) is 1. The Labute approximate surface area is 125 Å². The predicted octanol–water partition coefficient (Wildman–Crippen LogP) is 1.45. The largest absolute Gasteiger partial charge is 0.466 e. The van der Waals surface area contributed by atoms with Crippen molar-refractivity contribution in [2.75, 3.05) is 20.8 Å². The quantitative estimate of drug-likeness (QED) is 0.480. The number of alkyl halides is 2. The number of esters is 2. The Morgan fingerprint density at radius 1 is 1.05 bits per heavy atom. The van der Waals surface area contributed by atoms with Crippen molar-refractivity contribution in [1.29, 1.82) is 0 Å². The summed E-state index contributed by atoms with van der Waals surface area (Å²) in [6.45, 7) is -0.0606. The zero-order valence-electron chi connectivity index (χ0n) is 11.9. The third-order valence-corrected chi connectivity index (χ3v) is 4.08. The average molecular weight is 309 g/mol. The van der Waals surface area contributed by atoms with Crippen LogP contribution in [0.25, 0.3) is 0 Å². The van der Waals surface area contributed by atoms with Crippen LogP contribution in [-0.2, 0) is 24.6 Å². The molecule has 0 aromatic heterocycles. The number of halogens is 2. The molecule has 2 heterocycles. The molecule has 2 atom stereocenters. The topological polar surface area (TPSA) is 55.6 Å². The van der Waals surface area contributed by atoms with Crippen molar-refractivity contribution < 1.29 is 27.8 Å². The van der Waals surface area contributed by atoms with E-state index in [2.05, 4.69) is 9.47 Å². The zero-order chi connectivity index (χ0) is 16.1. The van der Waals surface area contributed by atoms with Crippen LogP contribution in [-0.4, -0.2) is 43.6 Å². The highest BCUT2D eigenvalue weighted by molar-refractivity contribution is 6.05. The van der Waals surface area contributed by atoms with Gasteiger partial charge in [-0.25, -0.2) is 14.5 Å². The lowest BCUT2D eigenvalue weighted by Gasteiger charge is -2.15. The van der Waals surface area contributed by atoms with E-state index in [0.29, 0.717) is 5.56 Å². The third kappa shape index (κ3) is 1.65. The van der Waals surface area contributed by atoms with Crippen LogP contribution in [0, 0.1) is 0 Å². The second-order valence-electron chi connectivity index (χ2n) is 5.09. The molecule has 5 nitrogen and oxygen atoms in total. The van der Waals surface area contributed by atoms with E-state index in [1.165, 1.54) is 0 Å². The van der Waals surface area contributed by atoms with Crippen LogP contribution >= 0.6 is 0 Å². The molecular weight excluding hydrogens is 296 g/mol. The van der Waals surface area contributed by atoms with E-state index in [1.54, 1.807) is 30.3 Å². The van der Waals surface area contributed by atoms with Crippen molar-refractivity contribution in [3.63, 3.8) is 0 Å². The van der Waals surface area contributed by atoms with Crippen LogP contribution in [0.3, 0.4) is 0 Å². The molecule has 2 unspecified atom stereocenters. The first-order valence-electron chi connectivity index (χ1n) is 6.54. The van der Waals surface area contributed by atoms with Gasteiger partial charge >= 0.3 is 18.0 Å². The molecule has 0 N–H and O–H groups in total. The minimum absolute atomic E-state index is 0.0606. The molecule has 0 saturated carbocycles. The fourth-order valence-electron chi connectivity index (χ4n) is 3.04. The van der Waals surface area contributed by atoms with Gasteiger partial charge in [-0.1, -0.05) is 30.3 Å². The zero-order valence-corrected chi connectivity index (χ0v) is 11.9. The molecule has 0 bridgehead atoms. The van der Waals surface area contributed by atoms with Crippen molar-refractivity contribution in [3.05, 3.63) is 47.0 Å². The van der Waals surface area contributed by atoms with Gasteiger partial charge in [0.1, 0.15) is 5.57 Å². The van der Waals surface area contributed by atoms with Crippen LogP contribution in [0.2, 0.25) is 0 Å². The number of carbonyl (C=O) groups is 2. The summed E-state index contributed by atoms with van der Waals surface area (Å²) in [6.07, 6.45) is 0. The number of hydrogen-bond donors (Lipinski definition) is 0. The molecule has 0 aliphatic carbocycles. The number of ether oxygens (including phenoxy) is 2. The van der Waals surface area contributed by atoms with Crippen LogP contribution in [0.15, 0.2) is 41.5 Å². The summed E-state index contributed by atoms with van der Waals surface area (Å²) in [5, 5.41) is 0. The lowest BCUT2D eigenvalue weighted by molar-refractivity contribution is -0.144. The molecule has 2 aliphatic heterocycles. The van der Waals surface area contributed by atoms with Gasteiger partial charge in [-0.15, -0.1) is 0 Å². The highest BCUT2D eigenvalue weighted by Crippen LogP contribution is 2.63. The number of fused-ring (bicyclic) bond motifs is 1. The van der Waals surface area contributed by atoms with Gasteiger partial charge in [0, 0.05) is 6.54 Å². The maximum absolute atomic E-state index is 14.5. The highest BCUT2D eigenvalue weighted by Gasteiger charge is 2.76. The van der Waals surface area contributed by atoms with Crippen LogP contribution in [0.4, 0.5) is 8.78 Å². The number of rotatable bonds is 3. The molecule has 0 spiro atoms. The number of methoxy groups -OCH3 is 2. The highest BCUT2D eigenvalue weighted by atomic mass is 19.3. The maximum atomic E-state index is 14.5. The lowest BCUT2D eigenvalue weighted by Crippen LogP contribution is -2.32. The molecule has 116 valence electrons. The molecule has 1 aromatic carbocycles.